The number of amides is 5. The molecule has 0 radical (unpaired) electrons. The molecule has 1 heterocycles. The molecule has 2 fully saturated rings. The highest BCUT2D eigenvalue weighted by molar-refractivity contribution is 5.96. The van der Waals surface area contributed by atoms with Crippen LogP contribution in [0.15, 0.2) is 0 Å². The normalized spacial score (nSPS) is 27.6. The van der Waals surface area contributed by atoms with Crippen molar-refractivity contribution in [3.63, 3.8) is 0 Å². The Balaban J connectivity index is 2.50. The van der Waals surface area contributed by atoms with E-state index in [2.05, 4.69) is 33.5 Å². The Hall–Kier alpha value is -3.50. The van der Waals surface area contributed by atoms with E-state index in [1.165, 1.54) is 4.90 Å². The Labute approximate surface area is 322 Å². The molecule has 2 rings (SSSR count). The van der Waals surface area contributed by atoms with Gasteiger partial charge in [-0.15, -0.1) is 0 Å². The van der Waals surface area contributed by atoms with Crippen LogP contribution in [0.4, 0.5) is 0 Å². The van der Waals surface area contributed by atoms with Gasteiger partial charge in [0.15, 0.2) is 5.96 Å². The van der Waals surface area contributed by atoms with E-state index in [0.717, 1.165) is 57.8 Å². The van der Waals surface area contributed by atoms with E-state index in [0.29, 0.717) is 25.8 Å². The molecule has 1 saturated heterocycles. The first-order chi connectivity index (χ1) is 25.7. The number of likely N-dealkylation sites (N-methyl/N-ethyl adjacent to an activating group) is 1. The van der Waals surface area contributed by atoms with Crippen molar-refractivity contribution in [2.24, 2.45) is 29.2 Å². The summed E-state index contributed by atoms with van der Waals surface area (Å²) in [6.07, 6.45) is 9.23. The van der Waals surface area contributed by atoms with Crippen LogP contribution in [0.2, 0.25) is 0 Å². The van der Waals surface area contributed by atoms with E-state index in [9.17, 15) is 24.0 Å². The summed E-state index contributed by atoms with van der Waals surface area (Å²) in [5.41, 5.74) is 11.4. The summed E-state index contributed by atoms with van der Waals surface area (Å²) in [6, 6.07) is -4.65. The van der Waals surface area contributed by atoms with Crippen molar-refractivity contribution in [3.05, 3.63) is 0 Å². The Morgan fingerprint density at radius 1 is 0.926 bits per heavy atom. The van der Waals surface area contributed by atoms with Crippen molar-refractivity contribution in [2.75, 3.05) is 40.0 Å². The number of guanidine groups is 1. The van der Waals surface area contributed by atoms with Crippen LogP contribution in [0.1, 0.15) is 112 Å². The van der Waals surface area contributed by atoms with Crippen molar-refractivity contribution in [1.29, 1.82) is 5.41 Å². The number of carbonyl (C=O) groups is 5. The van der Waals surface area contributed by atoms with Gasteiger partial charge in [0.25, 0.3) is 0 Å². The summed E-state index contributed by atoms with van der Waals surface area (Å²) >= 11 is 0. The summed E-state index contributed by atoms with van der Waals surface area (Å²) in [5, 5.41) is 21.4. The second kappa shape index (κ2) is 24.8. The lowest BCUT2D eigenvalue weighted by atomic mass is 9.83. The monoisotopic (exact) mass is 766 g/mol. The number of unbranched alkanes of at least 4 members (excludes halogenated alkanes) is 3. The smallest absolute Gasteiger partial charge is 0.245 e. The molecule has 1 aliphatic carbocycles. The van der Waals surface area contributed by atoms with Crippen LogP contribution in [-0.2, 0) is 33.4 Å². The Morgan fingerprint density at radius 3 is 2.22 bits per heavy atom. The molecular formula is C38H71N9O7. The fraction of sp³-hybridized carbons (Fsp3) is 0.842. The predicted octanol–water partition coefficient (Wildman–Crippen LogP) is 1.25. The van der Waals surface area contributed by atoms with Crippen LogP contribution in [0, 0.1) is 23.2 Å². The molecule has 16 heteroatoms. The first-order valence-corrected chi connectivity index (χ1v) is 20.1. The van der Waals surface area contributed by atoms with Gasteiger partial charge in [-0.25, -0.2) is 0 Å². The molecule has 0 aromatic carbocycles. The summed E-state index contributed by atoms with van der Waals surface area (Å²) in [5.74, 6) is -3.27. The van der Waals surface area contributed by atoms with Crippen LogP contribution in [0.3, 0.4) is 0 Å². The van der Waals surface area contributed by atoms with Gasteiger partial charge in [0.2, 0.25) is 29.5 Å². The minimum atomic E-state index is -1.21. The Kier molecular flexibility index (Phi) is 21.4. The second-order valence-electron chi connectivity index (χ2n) is 15.5. The van der Waals surface area contributed by atoms with Crippen LogP contribution >= 0.6 is 0 Å². The first-order valence-electron chi connectivity index (χ1n) is 20.1. The molecule has 7 atom stereocenters. The maximum absolute atomic E-state index is 14.2. The number of ether oxygens (including phenoxy) is 2. The van der Waals surface area contributed by atoms with Gasteiger partial charge < -0.3 is 52.4 Å². The van der Waals surface area contributed by atoms with Gasteiger partial charge in [-0.3, -0.25) is 29.4 Å². The average Bonchev–Trinajstić information content (AvgIpc) is 3.14. The minimum Gasteiger partial charge on any atom is -0.379 e. The van der Waals surface area contributed by atoms with Crippen molar-refractivity contribution >= 4 is 35.5 Å². The van der Waals surface area contributed by atoms with Crippen LogP contribution in [0.5, 0.6) is 0 Å². The topological polar surface area (TPSA) is 243 Å². The van der Waals surface area contributed by atoms with E-state index < -0.39 is 65.9 Å². The third-order valence-corrected chi connectivity index (χ3v) is 10.3. The predicted molar refractivity (Wildman–Crippen MR) is 208 cm³/mol. The number of rotatable bonds is 15. The summed E-state index contributed by atoms with van der Waals surface area (Å²) in [7, 11) is 1.64. The van der Waals surface area contributed by atoms with Gasteiger partial charge in [0.05, 0.1) is 25.2 Å². The molecule has 1 aliphatic heterocycles. The molecule has 2 aliphatic rings. The quantitative estimate of drug-likeness (QED) is 0.0674. The minimum absolute atomic E-state index is 0.0693. The SMILES string of the molecule is CCCCCC[C@H]1OC[C@@H](C)NC(=O)[C@H](COCCCNC(=N)N)NC(=O)[C@H](CN)NC(=O)[C@H](C2CCCCC2)NC(=O)[C@H](CC(C)C)N(C)C(=O)[C@@H]1C. The molecule has 10 N–H and O–H groups in total. The van der Waals surface area contributed by atoms with Gasteiger partial charge in [0, 0.05) is 32.8 Å². The fourth-order valence-corrected chi connectivity index (χ4v) is 7.09. The summed E-state index contributed by atoms with van der Waals surface area (Å²) in [4.78, 5) is 71.2. The Morgan fingerprint density at radius 2 is 1.59 bits per heavy atom. The number of carbonyl (C=O) groups excluding carboxylic acids is 5. The van der Waals surface area contributed by atoms with Crippen molar-refractivity contribution < 1.29 is 33.4 Å². The maximum Gasteiger partial charge on any atom is 0.245 e. The molecule has 0 aromatic heterocycles. The fourth-order valence-electron chi connectivity index (χ4n) is 7.09. The largest absolute Gasteiger partial charge is 0.379 e. The van der Waals surface area contributed by atoms with Crippen LogP contribution < -0.4 is 38.1 Å². The lowest BCUT2D eigenvalue weighted by Crippen LogP contribution is -2.62. The zero-order chi connectivity index (χ0) is 40.2. The number of nitrogens with one attached hydrogen (secondary N) is 6. The van der Waals surface area contributed by atoms with Crippen molar-refractivity contribution in [1.82, 2.24) is 31.5 Å². The summed E-state index contributed by atoms with van der Waals surface area (Å²) < 4.78 is 12.1. The first kappa shape index (κ1) is 46.7. The zero-order valence-corrected chi connectivity index (χ0v) is 33.7. The van der Waals surface area contributed by atoms with Gasteiger partial charge in [-0.05, 0) is 50.9 Å². The van der Waals surface area contributed by atoms with Crippen molar-refractivity contribution in [2.45, 2.75) is 148 Å². The maximum atomic E-state index is 14.2. The van der Waals surface area contributed by atoms with Gasteiger partial charge in [-0.1, -0.05) is 72.6 Å². The van der Waals surface area contributed by atoms with E-state index in [1.807, 2.05) is 20.8 Å². The highest BCUT2D eigenvalue weighted by Crippen LogP contribution is 2.28. The zero-order valence-electron chi connectivity index (χ0n) is 33.7. The standard InChI is InChI=1S/C38H71N9O7/c1-7-8-9-13-17-31-26(5)37(52)47(6)30(20-24(2)3)35(50)46-32(27-15-11-10-12-16-27)36(51)44-28(21-39)33(48)45-29(34(49)43-25(4)22-54-31)23-53-19-14-18-42-38(40)41/h24-32H,7-23,39H2,1-6H3,(H,43,49)(H,44,51)(H,45,48)(H,46,50)(H4,40,41,42)/t25-,26-,28+,29+,30+,31-,32+/m1/s1. The van der Waals surface area contributed by atoms with E-state index >= 15 is 0 Å². The lowest BCUT2D eigenvalue weighted by Gasteiger charge is -2.36. The second-order valence-corrected chi connectivity index (χ2v) is 15.5. The van der Waals surface area contributed by atoms with E-state index in [-0.39, 0.29) is 50.1 Å². The van der Waals surface area contributed by atoms with Gasteiger partial charge in [-0.2, -0.15) is 0 Å². The Bertz CT molecular complexity index is 1200. The van der Waals surface area contributed by atoms with Gasteiger partial charge in [0.1, 0.15) is 24.2 Å². The number of nitrogens with two attached hydrogens (primary N) is 2. The van der Waals surface area contributed by atoms with Crippen LogP contribution in [-0.4, -0.2) is 117 Å². The number of hydrogen-bond donors (Lipinski definition) is 8. The molecule has 0 aromatic rings. The molecule has 16 nitrogen and oxygen atoms in total. The molecule has 0 spiro atoms. The third kappa shape index (κ3) is 16.1. The number of hydrogen-bond acceptors (Lipinski definition) is 9. The highest BCUT2D eigenvalue weighted by atomic mass is 16.5. The lowest BCUT2D eigenvalue weighted by molar-refractivity contribution is -0.147. The summed E-state index contributed by atoms with van der Waals surface area (Å²) in [6.45, 7) is 9.97. The van der Waals surface area contributed by atoms with E-state index in [1.54, 1.807) is 14.0 Å². The molecule has 54 heavy (non-hydrogen) atoms. The van der Waals surface area contributed by atoms with Crippen LogP contribution in [0.25, 0.3) is 0 Å². The molecule has 5 amide bonds. The van der Waals surface area contributed by atoms with E-state index in [4.69, 9.17) is 26.4 Å². The molecule has 1 saturated carbocycles. The number of nitrogens with zero attached hydrogens (tertiary/aromatic N) is 1. The highest BCUT2D eigenvalue weighted by Gasteiger charge is 2.39. The van der Waals surface area contributed by atoms with Gasteiger partial charge >= 0.3 is 0 Å². The molecule has 310 valence electrons. The molecule has 0 unspecified atom stereocenters. The van der Waals surface area contributed by atoms with Crippen molar-refractivity contribution in [3.8, 4) is 0 Å². The third-order valence-electron chi connectivity index (χ3n) is 10.3. The molecule has 0 bridgehead atoms. The average molecular weight is 766 g/mol. The molecular weight excluding hydrogens is 694 g/mol.